The van der Waals surface area contributed by atoms with Crippen LogP contribution in [-0.4, -0.2) is 41.2 Å². The zero-order valence-corrected chi connectivity index (χ0v) is 15.8. The predicted molar refractivity (Wildman–Crippen MR) is 106 cm³/mol. The second-order valence-corrected chi connectivity index (χ2v) is 6.90. The molecule has 1 atom stereocenters. The maximum Gasteiger partial charge on any atom is 0.253 e. The van der Waals surface area contributed by atoms with Crippen LogP contribution >= 0.6 is 0 Å². The van der Waals surface area contributed by atoms with Crippen LogP contribution < -0.4 is 9.47 Å². The van der Waals surface area contributed by atoms with E-state index in [1.807, 2.05) is 65.6 Å². The molecule has 1 saturated heterocycles. The Morgan fingerprint density at radius 2 is 1.89 bits per heavy atom. The van der Waals surface area contributed by atoms with Crippen molar-refractivity contribution in [1.82, 2.24) is 15.1 Å². The summed E-state index contributed by atoms with van der Waals surface area (Å²) >= 11 is 0. The van der Waals surface area contributed by atoms with E-state index in [1.54, 1.807) is 7.11 Å². The number of hydrogen-bond acceptors (Lipinski definition) is 4. The number of piperidine rings is 1. The molecule has 6 heteroatoms. The Balaban J connectivity index is 1.42. The zero-order chi connectivity index (χ0) is 19.3. The van der Waals surface area contributed by atoms with Gasteiger partial charge in [-0.2, -0.15) is 0 Å². The quantitative estimate of drug-likeness (QED) is 0.722. The van der Waals surface area contributed by atoms with Gasteiger partial charge in [0.2, 0.25) is 5.88 Å². The van der Waals surface area contributed by atoms with Gasteiger partial charge in [-0.15, -0.1) is 5.10 Å². The molecule has 0 bridgehead atoms. The first-order valence-electron chi connectivity index (χ1n) is 9.44. The number of aromatic amines is 1. The molecule has 28 heavy (non-hydrogen) atoms. The number of methoxy groups -OCH3 is 1. The molecule has 2 heterocycles. The Kier molecular flexibility index (Phi) is 5.28. The Hall–Kier alpha value is -3.28. The molecule has 0 aliphatic carbocycles. The Bertz CT molecular complexity index is 922. The van der Waals surface area contributed by atoms with E-state index in [1.165, 1.54) is 0 Å². The predicted octanol–water partition coefficient (Wildman–Crippen LogP) is 4.23. The van der Waals surface area contributed by atoms with Crippen LogP contribution in [0.4, 0.5) is 0 Å². The van der Waals surface area contributed by atoms with Crippen molar-refractivity contribution in [2.24, 2.45) is 0 Å². The van der Waals surface area contributed by atoms with Crippen molar-refractivity contribution < 1.29 is 14.3 Å². The van der Waals surface area contributed by atoms with Gasteiger partial charge in [0.25, 0.3) is 5.91 Å². The first kappa shape index (κ1) is 18.1. The van der Waals surface area contributed by atoms with Crippen LogP contribution in [0.1, 0.15) is 34.8 Å². The van der Waals surface area contributed by atoms with Crippen molar-refractivity contribution in [3.63, 3.8) is 0 Å². The third-order valence-corrected chi connectivity index (χ3v) is 5.03. The number of para-hydroxylation sites is 1. The molecule has 0 radical (unpaired) electrons. The fraction of sp³-hybridized carbons (Fsp3) is 0.273. The fourth-order valence-corrected chi connectivity index (χ4v) is 3.52. The van der Waals surface area contributed by atoms with Gasteiger partial charge >= 0.3 is 0 Å². The van der Waals surface area contributed by atoms with E-state index in [0.717, 1.165) is 36.6 Å². The van der Waals surface area contributed by atoms with Crippen molar-refractivity contribution in [1.29, 1.82) is 0 Å². The number of H-pyrrole nitrogens is 1. The maximum absolute atomic E-state index is 12.9. The second kappa shape index (κ2) is 8.17. The molecule has 0 unspecified atom stereocenters. The number of benzene rings is 2. The van der Waals surface area contributed by atoms with Crippen molar-refractivity contribution in [2.45, 2.75) is 18.8 Å². The average Bonchev–Trinajstić information content (AvgIpc) is 3.22. The van der Waals surface area contributed by atoms with Crippen LogP contribution in [0.2, 0.25) is 0 Å². The van der Waals surface area contributed by atoms with E-state index in [-0.39, 0.29) is 11.8 Å². The molecular weight excluding hydrogens is 354 g/mol. The largest absolute Gasteiger partial charge is 0.497 e. The molecule has 144 valence electrons. The number of likely N-dealkylation sites (tertiary alicyclic amines) is 1. The van der Waals surface area contributed by atoms with E-state index < -0.39 is 0 Å². The third-order valence-electron chi connectivity index (χ3n) is 5.03. The van der Waals surface area contributed by atoms with E-state index in [4.69, 9.17) is 9.47 Å². The smallest absolute Gasteiger partial charge is 0.253 e. The highest BCUT2D eigenvalue weighted by Crippen LogP contribution is 2.29. The number of hydrogen-bond donors (Lipinski definition) is 1. The number of nitrogens with one attached hydrogen (secondary N) is 1. The maximum atomic E-state index is 12.9. The summed E-state index contributed by atoms with van der Waals surface area (Å²) in [7, 11) is 1.62. The molecule has 0 saturated carbocycles. The summed E-state index contributed by atoms with van der Waals surface area (Å²) in [5, 5.41) is 7.35. The lowest BCUT2D eigenvalue weighted by atomic mass is 9.94. The van der Waals surface area contributed by atoms with Crippen LogP contribution in [0.25, 0.3) is 0 Å². The summed E-state index contributed by atoms with van der Waals surface area (Å²) in [6.07, 6.45) is 1.97. The lowest BCUT2D eigenvalue weighted by molar-refractivity contribution is 0.0706. The van der Waals surface area contributed by atoms with Crippen molar-refractivity contribution in [2.75, 3.05) is 20.2 Å². The van der Waals surface area contributed by atoms with Crippen molar-refractivity contribution in [3.05, 3.63) is 71.9 Å². The third kappa shape index (κ3) is 4.01. The number of nitrogens with zero attached hydrogens (tertiary/aromatic N) is 2. The SMILES string of the molecule is COc1ccc(C(=O)N2CCC[C@H](c3cc(Oc4ccccc4)n[nH]3)C2)cc1. The standard InChI is InChI=1S/C22H23N3O3/c1-27-18-11-9-16(10-12-18)22(26)25-13-5-6-17(15-25)20-14-21(24-23-20)28-19-7-3-2-4-8-19/h2-4,7-12,14,17H,5-6,13,15H2,1H3,(H,23,24)/t17-/m0/s1. The topological polar surface area (TPSA) is 67.4 Å². The molecule has 1 aliphatic rings. The van der Waals surface area contributed by atoms with Crippen LogP contribution in [0.5, 0.6) is 17.4 Å². The summed E-state index contributed by atoms with van der Waals surface area (Å²) in [6, 6.07) is 18.8. The van der Waals surface area contributed by atoms with E-state index in [9.17, 15) is 4.79 Å². The summed E-state index contributed by atoms with van der Waals surface area (Å²) in [5.74, 6) is 2.31. The number of ether oxygens (including phenoxy) is 2. The molecule has 3 aromatic rings. The molecule has 0 spiro atoms. The van der Waals surface area contributed by atoms with Crippen LogP contribution in [0.15, 0.2) is 60.7 Å². The Morgan fingerprint density at radius 3 is 2.64 bits per heavy atom. The number of carbonyl (C=O) groups is 1. The number of amides is 1. The number of rotatable bonds is 5. The molecule has 1 amide bonds. The molecular formula is C22H23N3O3. The zero-order valence-electron chi connectivity index (χ0n) is 15.8. The van der Waals surface area contributed by atoms with Gasteiger partial charge in [-0.25, -0.2) is 0 Å². The van der Waals surface area contributed by atoms with Gasteiger partial charge in [0.15, 0.2) is 0 Å². The first-order chi connectivity index (χ1) is 13.7. The van der Waals surface area contributed by atoms with E-state index in [2.05, 4.69) is 10.2 Å². The number of carbonyl (C=O) groups excluding carboxylic acids is 1. The van der Waals surface area contributed by atoms with Crippen molar-refractivity contribution >= 4 is 5.91 Å². The summed E-state index contributed by atoms with van der Waals surface area (Å²) in [5.41, 5.74) is 1.68. The van der Waals surface area contributed by atoms with Gasteiger partial charge in [-0.3, -0.25) is 9.89 Å². The van der Waals surface area contributed by atoms with Crippen LogP contribution in [0.3, 0.4) is 0 Å². The Labute approximate surface area is 164 Å². The minimum Gasteiger partial charge on any atom is -0.497 e. The fourth-order valence-electron chi connectivity index (χ4n) is 3.52. The molecule has 1 N–H and O–H groups in total. The van der Waals surface area contributed by atoms with Gasteiger partial charge < -0.3 is 14.4 Å². The second-order valence-electron chi connectivity index (χ2n) is 6.90. The summed E-state index contributed by atoms with van der Waals surface area (Å²) in [6.45, 7) is 1.43. The van der Waals surface area contributed by atoms with Gasteiger partial charge in [-0.1, -0.05) is 18.2 Å². The molecule has 1 fully saturated rings. The number of aromatic nitrogens is 2. The summed E-state index contributed by atoms with van der Waals surface area (Å²) < 4.78 is 10.9. The van der Waals surface area contributed by atoms with Crippen LogP contribution in [-0.2, 0) is 0 Å². The normalized spacial score (nSPS) is 16.6. The monoisotopic (exact) mass is 377 g/mol. The van der Waals surface area contributed by atoms with Gasteiger partial charge in [0, 0.05) is 36.3 Å². The molecule has 1 aliphatic heterocycles. The van der Waals surface area contributed by atoms with Gasteiger partial charge in [-0.05, 0) is 49.2 Å². The summed E-state index contributed by atoms with van der Waals surface area (Å²) in [4.78, 5) is 14.8. The highest BCUT2D eigenvalue weighted by Gasteiger charge is 2.27. The average molecular weight is 377 g/mol. The minimum atomic E-state index is 0.0487. The highest BCUT2D eigenvalue weighted by atomic mass is 16.5. The minimum absolute atomic E-state index is 0.0487. The van der Waals surface area contributed by atoms with E-state index in [0.29, 0.717) is 18.0 Å². The van der Waals surface area contributed by atoms with Gasteiger partial charge in [0.05, 0.1) is 7.11 Å². The van der Waals surface area contributed by atoms with E-state index >= 15 is 0 Å². The van der Waals surface area contributed by atoms with Crippen molar-refractivity contribution in [3.8, 4) is 17.4 Å². The van der Waals surface area contributed by atoms with Gasteiger partial charge in [0.1, 0.15) is 11.5 Å². The first-order valence-corrected chi connectivity index (χ1v) is 9.44. The molecule has 6 nitrogen and oxygen atoms in total. The molecule has 4 rings (SSSR count). The molecule has 1 aromatic heterocycles. The lowest BCUT2D eigenvalue weighted by Crippen LogP contribution is -2.39. The lowest BCUT2D eigenvalue weighted by Gasteiger charge is -2.32. The molecule has 2 aromatic carbocycles. The highest BCUT2D eigenvalue weighted by molar-refractivity contribution is 5.94. The Morgan fingerprint density at radius 1 is 1.11 bits per heavy atom. The van der Waals surface area contributed by atoms with Crippen LogP contribution in [0, 0.1) is 0 Å².